The van der Waals surface area contributed by atoms with Gasteiger partial charge in [0.15, 0.2) is 0 Å². The van der Waals surface area contributed by atoms with Crippen molar-refractivity contribution in [3.05, 3.63) is 138 Å². The van der Waals surface area contributed by atoms with Gasteiger partial charge < -0.3 is 20.4 Å². The van der Waals surface area contributed by atoms with Gasteiger partial charge in [0.05, 0.1) is 0 Å². The first kappa shape index (κ1) is 24.3. The first-order valence-corrected chi connectivity index (χ1v) is 11.1. The molecule has 0 fully saturated rings. The number of anilines is 1. The second kappa shape index (κ2) is 12.6. The Hall–Kier alpha value is -3.38. The molecule has 5 heteroatoms. The van der Waals surface area contributed by atoms with Crippen LogP contribution in [0.4, 0.5) is 5.69 Å². The van der Waals surface area contributed by atoms with Gasteiger partial charge in [-0.2, -0.15) is 0 Å². The van der Waals surface area contributed by atoms with Crippen molar-refractivity contribution in [3.63, 3.8) is 0 Å². The normalized spacial score (nSPS) is 10.7. The number of hydrogen-bond acceptors (Lipinski definition) is 4. The maximum absolute atomic E-state index is 8.97. The molecule has 4 aromatic carbocycles. The summed E-state index contributed by atoms with van der Waals surface area (Å²) in [6.07, 6.45) is 1.48. The van der Waals surface area contributed by atoms with Gasteiger partial charge in [-0.15, -0.1) is 0 Å². The van der Waals surface area contributed by atoms with Gasteiger partial charge in [-0.3, -0.25) is 0 Å². The van der Waals surface area contributed by atoms with E-state index in [1.54, 1.807) is 0 Å². The van der Waals surface area contributed by atoms with Gasteiger partial charge in [-0.05, 0) is 41.7 Å². The van der Waals surface area contributed by atoms with Crippen LogP contribution in [-0.2, 0) is 10.1 Å². The van der Waals surface area contributed by atoms with Gasteiger partial charge in [-0.25, -0.2) is 0 Å². The van der Waals surface area contributed by atoms with E-state index in [1.165, 1.54) is 16.7 Å². The number of para-hydroxylation sites is 1. The van der Waals surface area contributed by atoms with E-state index in [9.17, 15) is 0 Å². The van der Waals surface area contributed by atoms with Gasteiger partial charge in [0.2, 0.25) is 0 Å². The SMILES string of the molecule is Nc1ccccc1.OB(O)OCCCC(c1ccccc1)(c1ccccc1)c1ccccc1. The highest BCUT2D eigenvalue weighted by Gasteiger charge is 2.35. The van der Waals surface area contributed by atoms with Crippen molar-refractivity contribution in [3.8, 4) is 0 Å². The molecule has 0 aliphatic carbocycles. The Labute approximate surface area is 196 Å². The van der Waals surface area contributed by atoms with Crippen LogP contribution in [0.3, 0.4) is 0 Å². The highest BCUT2D eigenvalue weighted by molar-refractivity contribution is 6.32. The zero-order valence-electron chi connectivity index (χ0n) is 18.6. The van der Waals surface area contributed by atoms with Crippen LogP contribution in [0.2, 0.25) is 0 Å². The van der Waals surface area contributed by atoms with Crippen LogP contribution in [0.5, 0.6) is 0 Å². The van der Waals surface area contributed by atoms with E-state index in [0.29, 0.717) is 6.42 Å². The molecule has 0 saturated carbocycles. The highest BCUT2D eigenvalue weighted by atomic mass is 16.6. The molecule has 0 atom stereocenters. The fourth-order valence-electron chi connectivity index (χ4n) is 4.08. The minimum Gasteiger partial charge on any atom is -0.402 e. The minimum absolute atomic E-state index is 0.284. The van der Waals surface area contributed by atoms with E-state index < -0.39 is 7.32 Å². The first-order chi connectivity index (χ1) is 16.1. The maximum atomic E-state index is 8.97. The van der Waals surface area contributed by atoms with E-state index in [1.807, 2.05) is 48.5 Å². The van der Waals surface area contributed by atoms with E-state index in [0.717, 1.165) is 12.1 Å². The molecule has 4 nitrogen and oxygen atoms in total. The van der Waals surface area contributed by atoms with Crippen molar-refractivity contribution < 1.29 is 14.7 Å². The van der Waals surface area contributed by atoms with Crippen molar-refractivity contribution >= 4 is 13.0 Å². The molecule has 0 aliphatic heterocycles. The second-order valence-electron chi connectivity index (χ2n) is 7.71. The van der Waals surface area contributed by atoms with Crippen LogP contribution < -0.4 is 5.73 Å². The zero-order valence-corrected chi connectivity index (χ0v) is 18.6. The van der Waals surface area contributed by atoms with Crippen molar-refractivity contribution in [2.24, 2.45) is 0 Å². The standard InChI is InChI=1S/C22H23BO3.C6H7N/c24-23(25)26-18-10-17-22(19-11-4-1-5-12-19,20-13-6-2-7-14-20)21-15-8-3-9-16-21;7-6-4-2-1-3-5-6/h1-9,11-16,24-25H,10,17-18H2;1-5H,7H2. The van der Waals surface area contributed by atoms with Crippen molar-refractivity contribution in [1.29, 1.82) is 0 Å². The van der Waals surface area contributed by atoms with Crippen LogP contribution in [0.15, 0.2) is 121 Å². The Balaban J connectivity index is 0.000000374. The molecule has 0 amide bonds. The molecule has 4 aromatic rings. The quantitative estimate of drug-likeness (QED) is 0.155. The predicted molar refractivity (Wildman–Crippen MR) is 135 cm³/mol. The van der Waals surface area contributed by atoms with Gasteiger partial charge in [0, 0.05) is 17.7 Å². The fourth-order valence-corrected chi connectivity index (χ4v) is 4.08. The summed E-state index contributed by atoms with van der Waals surface area (Å²) in [6.45, 7) is 0.284. The van der Waals surface area contributed by atoms with Crippen LogP contribution in [-0.4, -0.2) is 24.0 Å². The van der Waals surface area contributed by atoms with Crippen molar-refractivity contribution in [2.75, 3.05) is 12.3 Å². The average Bonchev–Trinajstić information content (AvgIpc) is 2.87. The molecule has 0 unspecified atom stereocenters. The van der Waals surface area contributed by atoms with Crippen LogP contribution in [0.25, 0.3) is 0 Å². The average molecular weight is 439 g/mol. The maximum Gasteiger partial charge on any atom is 0.633 e. The summed E-state index contributed by atoms with van der Waals surface area (Å²) in [5.74, 6) is 0. The number of hydrogen-bond donors (Lipinski definition) is 3. The Morgan fingerprint density at radius 1 is 0.606 bits per heavy atom. The zero-order chi connectivity index (χ0) is 23.4. The number of rotatable bonds is 8. The molecule has 0 aromatic heterocycles. The Kier molecular flexibility index (Phi) is 9.27. The molecule has 0 aliphatic rings. The lowest BCUT2D eigenvalue weighted by Crippen LogP contribution is -2.30. The number of nitrogen functional groups attached to an aromatic ring is 1. The summed E-state index contributed by atoms with van der Waals surface area (Å²) in [6, 6.07) is 40.8. The van der Waals surface area contributed by atoms with Gasteiger partial charge >= 0.3 is 7.32 Å². The number of nitrogens with two attached hydrogens (primary N) is 1. The Morgan fingerprint density at radius 2 is 0.970 bits per heavy atom. The molecule has 4 rings (SSSR count). The van der Waals surface area contributed by atoms with Crippen LogP contribution in [0.1, 0.15) is 29.5 Å². The summed E-state index contributed by atoms with van der Waals surface area (Å²) in [4.78, 5) is 0. The summed E-state index contributed by atoms with van der Waals surface area (Å²) in [7, 11) is -1.73. The molecule has 33 heavy (non-hydrogen) atoms. The predicted octanol–water partition coefficient (Wildman–Crippen LogP) is 5.06. The molecular weight excluding hydrogens is 409 g/mol. The molecule has 4 N–H and O–H groups in total. The van der Waals surface area contributed by atoms with Gasteiger partial charge in [0.25, 0.3) is 0 Å². The number of benzene rings is 4. The molecule has 0 heterocycles. The molecule has 0 bridgehead atoms. The lowest BCUT2D eigenvalue weighted by molar-refractivity contribution is 0.179. The first-order valence-electron chi connectivity index (χ1n) is 11.1. The third kappa shape index (κ3) is 6.80. The van der Waals surface area contributed by atoms with Gasteiger partial charge in [-0.1, -0.05) is 109 Å². The third-order valence-electron chi connectivity index (χ3n) is 5.56. The monoisotopic (exact) mass is 439 g/mol. The van der Waals surface area contributed by atoms with Crippen LogP contribution >= 0.6 is 0 Å². The molecule has 0 saturated heterocycles. The van der Waals surface area contributed by atoms with Crippen molar-refractivity contribution in [2.45, 2.75) is 18.3 Å². The summed E-state index contributed by atoms with van der Waals surface area (Å²) >= 11 is 0. The van der Waals surface area contributed by atoms with Gasteiger partial charge in [0.1, 0.15) is 0 Å². The minimum atomic E-state index is -1.73. The molecule has 168 valence electrons. The van der Waals surface area contributed by atoms with E-state index in [-0.39, 0.29) is 12.0 Å². The largest absolute Gasteiger partial charge is 0.633 e. The van der Waals surface area contributed by atoms with E-state index >= 15 is 0 Å². The summed E-state index contributed by atoms with van der Waals surface area (Å²) in [5, 5.41) is 17.9. The van der Waals surface area contributed by atoms with Crippen molar-refractivity contribution in [1.82, 2.24) is 0 Å². The topological polar surface area (TPSA) is 75.7 Å². The third-order valence-corrected chi connectivity index (χ3v) is 5.56. The Morgan fingerprint density at radius 3 is 1.27 bits per heavy atom. The second-order valence-corrected chi connectivity index (χ2v) is 7.71. The smallest absolute Gasteiger partial charge is 0.402 e. The van der Waals surface area contributed by atoms with Crippen LogP contribution in [0, 0.1) is 0 Å². The Bertz CT molecular complexity index is 949. The molecular formula is C28H30BNO3. The molecule has 0 radical (unpaired) electrons. The summed E-state index contributed by atoms with van der Waals surface area (Å²) in [5.41, 5.74) is 9.48. The molecule has 0 spiro atoms. The lowest BCUT2D eigenvalue weighted by atomic mass is 9.67. The highest BCUT2D eigenvalue weighted by Crippen LogP contribution is 2.42. The fraction of sp³-hybridized carbons (Fsp3) is 0.143. The summed E-state index contributed by atoms with van der Waals surface area (Å²) < 4.78 is 4.96. The van der Waals surface area contributed by atoms with E-state index in [2.05, 4.69) is 72.8 Å². The van der Waals surface area contributed by atoms with E-state index in [4.69, 9.17) is 20.4 Å². The lowest BCUT2D eigenvalue weighted by Gasteiger charge is -2.36.